The van der Waals surface area contributed by atoms with Gasteiger partial charge in [-0.05, 0) is 18.5 Å². The Kier molecular flexibility index (Phi) is 2.56. The number of pyridine rings is 1. The molecule has 0 aliphatic carbocycles. The summed E-state index contributed by atoms with van der Waals surface area (Å²) in [5, 5.41) is 2.66. The summed E-state index contributed by atoms with van der Waals surface area (Å²) in [6.45, 7) is 0.288. The van der Waals surface area contributed by atoms with E-state index in [0.29, 0.717) is 18.5 Å². The summed E-state index contributed by atoms with van der Waals surface area (Å²) in [6, 6.07) is 2.76. The van der Waals surface area contributed by atoms with E-state index in [-0.39, 0.29) is 12.1 Å². The van der Waals surface area contributed by atoms with Gasteiger partial charge in [-0.2, -0.15) is 0 Å². The Hall–Kier alpha value is -1.23. The summed E-state index contributed by atoms with van der Waals surface area (Å²) in [6.07, 6.45) is 1.77. The predicted octanol–water partition coefficient (Wildman–Crippen LogP) is 1.09. The average Bonchev–Trinajstić information content (AvgIpc) is 2.19. The van der Waals surface area contributed by atoms with Crippen LogP contribution in [0.25, 0.3) is 0 Å². The molecular formula is C10H12F2N2O. The largest absolute Gasteiger partial charge is 0.329 e. The molecule has 1 atom stereocenters. The maximum absolute atomic E-state index is 13.5. The monoisotopic (exact) mass is 214 g/mol. The van der Waals surface area contributed by atoms with Crippen molar-refractivity contribution in [3.63, 3.8) is 0 Å². The van der Waals surface area contributed by atoms with Gasteiger partial charge in [0.05, 0.1) is 12.5 Å². The highest BCUT2D eigenvalue weighted by Gasteiger charge is 2.42. The summed E-state index contributed by atoms with van der Waals surface area (Å²) >= 11 is 0. The zero-order chi connectivity index (χ0) is 10.9. The molecule has 0 bridgehead atoms. The van der Waals surface area contributed by atoms with E-state index in [1.54, 1.807) is 0 Å². The van der Waals surface area contributed by atoms with Crippen molar-refractivity contribution >= 4 is 0 Å². The molecule has 0 saturated carbocycles. The maximum atomic E-state index is 13.5. The first-order chi connectivity index (χ1) is 7.09. The predicted molar refractivity (Wildman–Crippen MR) is 52.2 cm³/mol. The van der Waals surface area contributed by atoms with E-state index in [1.165, 1.54) is 18.3 Å². The molecule has 0 radical (unpaired) electrons. The second-order valence-corrected chi connectivity index (χ2v) is 3.77. The van der Waals surface area contributed by atoms with Crippen molar-refractivity contribution in [1.82, 2.24) is 10.3 Å². The highest BCUT2D eigenvalue weighted by atomic mass is 19.3. The summed E-state index contributed by atoms with van der Waals surface area (Å²) in [7, 11) is 0. The average molecular weight is 214 g/mol. The third-order valence-corrected chi connectivity index (χ3v) is 2.69. The summed E-state index contributed by atoms with van der Waals surface area (Å²) in [5.74, 6) is -3.54. The molecule has 2 heterocycles. The molecule has 2 N–H and O–H groups in total. The van der Waals surface area contributed by atoms with E-state index in [9.17, 15) is 13.6 Å². The lowest BCUT2D eigenvalue weighted by molar-refractivity contribution is -0.0421. The molecule has 2 rings (SSSR count). The molecule has 1 aliphatic heterocycles. The Balaban J connectivity index is 2.28. The number of aromatic amines is 1. The number of hydrogen-bond donors (Lipinski definition) is 2. The first kappa shape index (κ1) is 10.3. The van der Waals surface area contributed by atoms with Crippen LogP contribution >= 0.6 is 0 Å². The number of rotatable bonds is 1. The SMILES string of the molecule is O=c1ccc(C2CCNCC2(F)F)c[nH]1. The first-order valence-electron chi connectivity index (χ1n) is 4.87. The Morgan fingerprint density at radius 2 is 2.20 bits per heavy atom. The van der Waals surface area contributed by atoms with Crippen molar-refractivity contribution in [3.8, 4) is 0 Å². The smallest absolute Gasteiger partial charge is 0.267 e. The van der Waals surface area contributed by atoms with Gasteiger partial charge in [0.1, 0.15) is 0 Å². The van der Waals surface area contributed by atoms with Crippen LogP contribution in [-0.4, -0.2) is 24.0 Å². The molecule has 1 aromatic heterocycles. The molecule has 1 fully saturated rings. The zero-order valence-corrected chi connectivity index (χ0v) is 8.09. The fourth-order valence-corrected chi connectivity index (χ4v) is 1.89. The number of piperidine rings is 1. The number of aromatic nitrogens is 1. The molecule has 1 unspecified atom stereocenters. The lowest BCUT2D eigenvalue weighted by Crippen LogP contribution is -2.44. The van der Waals surface area contributed by atoms with Crippen molar-refractivity contribution in [2.75, 3.05) is 13.1 Å². The molecule has 0 aromatic carbocycles. The first-order valence-corrected chi connectivity index (χ1v) is 4.87. The van der Waals surface area contributed by atoms with E-state index in [0.717, 1.165) is 0 Å². The van der Waals surface area contributed by atoms with E-state index < -0.39 is 11.8 Å². The van der Waals surface area contributed by atoms with Gasteiger partial charge >= 0.3 is 0 Å². The third-order valence-electron chi connectivity index (χ3n) is 2.69. The van der Waals surface area contributed by atoms with Gasteiger partial charge in [0.15, 0.2) is 0 Å². The van der Waals surface area contributed by atoms with Gasteiger partial charge in [0, 0.05) is 12.3 Å². The van der Waals surface area contributed by atoms with E-state index in [4.69, 9.17) is 0 Å². The quantitative estimate of drug-likeness (QED) is 0.735. The number of halogens is 2. The Morgan fingerprint density at radius 1 is 1.40 bits per heavy atom. The van der Waals surface area contributed by atoms with Gasteiger partial charge in [-0.15, -0.1) is 0 Å². The van der Waals surface area contributed by atoms with Crippen molar-refractivity contribution < 1.29 is 8.78 Å². The number of hydrogen-bond acceptors (Lipinski definition) is 2. The standard InChI is InChI=1S/C10H12F2N2O/c11-10(12)6-13-4-3-8(10)7-1-2-9(15)14-5-7/h1-2,5,8,13H,3-4,6H2,(H,14,15). The zero-order valence-electron chi connectivity index (χ0n) is 8.09. The van der Waals surface area contributed by atoms with Crippen molar-refractivity contribution in [3.05, 3.63) is 34.2 Å². The van der Waals surface area contributed by atoms with Gasteiger partial charge in [-0.1, -0.05) is 6.07 Å². The van der Waals surface area contributed by atoms with Gasteiger partial charge in [-0.25, -0.2) is 8.78 Å². The lowest BCUT2D eigenvalue weighted by Gasteiger charge is -2.31. The van der Waals surface area contributed by atoms with Crippen LogP contribution in [0.3, 0.4) is 0 Å². The van der Waals surface area contributed by atoms with Crippen molar-refractivity contribution in [2.45, 2.75) is 18.3 Å². The minimum atomic E-state index is -2.74. The Labute approximate surface area is 85.5 Å². The van der Waals surface area contributed by atoms with E-state index >= 15 is 0 Å². The van der Waals surface area contributed by atoms with E-state index in [1.807, 2.05) is 0 Å². The highest BCUT2D eigenvalue weighted by Crippen LogP contribution is 2.36. The van der Waals surface area contributed by atoms with Gasteiger partial charge in [-0.3, -0.25) is 4.79 Å². The molecule has 1 aromatic rings. The molecule has 5 heteroatoms. The second-order valence-electron chi connectivity index (χ2n) is 3.77. The molecular weight excluding hydrogens is 202 g/mol. The fourth-order valence-electron chi connectivity index (χ4n) is 1.89. The molecule has 82 valence electrons. The van der Waals surface area contributed by atoms with Gasteiger partial charge in [0.2, 0.25) is 5.56 Å². The third kappa shape index (κ3) is 2.07. The highest BCUT2D eigenvalue weighted by molar-refractivity contribution is 5.19. The second kappa shape index (κ2) is 3.73. The summed E-state index contributed by atoms with van der Waals surface area (Å²) < 4.78 is 27.0. The Bertz CT molecular complexity index is 382. The van der Waals surface area contributed by atoms with Gasteiger partial charge in [0.25, 0.3) is 5.92 Å². The van der Waals surface area contributed by atoms with Crippen LogP contribution in [0.4, 0.5) is 8.78 Å². The summed E-state index contributed by atoms with van der Waals surface area (Å²) in [5.41, 5.74) is 0.233. The fraction of sp³-hybridized carbons (Fsp3) is 0.500. The molecule has 1 aliphatic rings. The van der Waals surface area contributed by atoms with Crippen molar-refractivity contribution in [2.24, 2.45) is 0 Å². The van der Waals surface area contributed by atoms with Crippen LogP contribution in [0.2, 0.25) is 0 Å². The topological polar surface area (TPSA) is 44.9 Å². The molecule has 0 spiro atoms. The minimum Gasteiger partial charge on any atom is -0.329 e. The minimum absolute atomic E-state index is 0.268. The molecule has 15 heavy (non-hydrogen) atoms. The lowest BCUT2D eigenvalue weighted by atomic mass is 9.88. The molecule has 3 nitrogen and oxygen atoms in total. The molecule has 1 saturated heterocycles. The maximum Gasteiger partial charge on any atom is 0.267 e. The molecule has 0 amide bonds. The van der Waals surface area contributed by atoms with E-state index in [2.05, 4.69) is 10.3 Å². The number of alkyl halides is 2. The van der Waals surface area contributed by atoms with Crippen molar-refractivity contribution in [1.29, 1.82) is 0 Å². The number of H-pyrrole nitrogens is 1. The van der Waals surface area contributed by atoms with Crippen LogP contribution in [0, 0.1) is 0 Å². The van der Waals surface area contributed by atoms with Crippen LogP contribution < -0.4 is 10.9 Å². The van der Waals surface area contributed by atoms with Crippen LogP contribution in [-0.2, 0) is 0 Å². The summed E-state index contributed by atoms with van der Waals surface area (Å²) in [4.78, 5) is 13.2. The van der Waals surface area contributed by atoms with Gasteiger partial charge < -0.3 is 10.3 Å². The number of nitrogens with one attached hydrogen (secondary N) is 2. The van der Waals surface area contributed by atoms with Crippen LogP contribution in [0.5, 0.6) is 0 Å². The van der Waals surface area contributed by atoms with Crippen LogP contribution in [0.15, 0.2) is 23.1 Å². The Morgan fingerprint density at radius 3 is 2.80 bits per heavy atom. The van der Waals surface area contributed by atoms with Crippen LogP contribution in [0.1, 0.15) is 17.9 Å². The normalized spacial score (nSPS) is 25.1.